The second-order valence-electron chi connectivity index (χ2n) is 11.9. The van der Waals surface area contributed by atoms with Crippen molar-refractivity contribution in [3.05, 3.63) is 89.2 Å². The average Bonchev–Trinajstić information content (AvgIpc) is 2.97. The number of nitrogens with one attached hydrogen (secondary N) is 1. The number of rotatable bonds is 16. The second kappa shape index (κ2) is 16.0. The van der Waals surface area contributed by atoms with Crippen molar-refractivity contribution in [2.45, 2.75) is 85.4 Å². The third-order valence-electron chi connectivity index (χ3n) is 7.35. The number of ether oxygens (including phenoxy) is 2. The molecule has 7 nitrogen and oxygen atoms in total. The van der Waals surface area contributed by atoms with Crippen LogP contribution in [0, 0.1) is 5.41 Å². The van der Waals surface area contributed by atoms with Crippen molar-refractivity contribution in [2.24, 2.45) is 5.41 Å². The Morgan fingerprint density at radius 3 is 2.33 bits per heavy atom. The van der Waals surface area contributed by atoms with E-state index in [-0.39, 0.29) is 17.9 Å². The zero-order valence-electron chi connectivity index (χ0n) is 26.2. The fourth-order valence-corrected chi connectivity index (χ4v) is 4.75. The fourth-order valence-electron chi connectivity index (χ4n) is 4.75. The Hall–Kier alpha value is -3.97. The third-order valence-corrected chi connectivity index (χ3v) is 7.35. The summed E-state index contributed by atoms with van der Waals surface area (Å²) in [6.07, 6.45) is 7.62. The Labute approximate surface area is 256 Å². The first-order valence-corrected chi connectivity index (χ1v) is 15.1. The van der Waals surface area contributed by atoms with Gasteiger partial charge in [0.25, 0.3) is 0 Å². The highest BCUT2D eigenvalue weighted by atomic mass is 16.5. The van der Waals surface area contributed by atoms with Gasteiger partial charge in [-0.05, 0) is 106 Å². The number of hydrogen-bond donors (Lipinski definition) is 2. The lowest BCUT2D eigenvalue weighted by Gasteiger charge is -2.25. The number of aromatic nitrogens is 1. The van der Waals surface area contributed by atoms with Gasteiger partial charge in [0, 0.05) is 18.7 Å². The van der Waals surface area contributed by atoms with Gasteiger partial charge in [0.2, 0.25) is 5.91 Å². The molecule has 3 rings (SSSR count). The van der Waals surface area contributed by atoms with E-state index in [1.807, 2.05) is 81.5 Å². The first-order chi connectivity index (χ1) is 20.5. The van der Waals surface area contributed by atoms with Crippen LogP contribution in [0.25, 0.3) is 12.2 Å². The Morgan fingerprint density at radius 2 is 1.65 bits per heavy atom. The minimum Gasteiger partial charge on any atom is -0.488 e. The molecule has 0 aliphatic carbocycles. The van der Waals surface area contributed by atoms with E-state index in [0.717, 1.165) is 42.0 Å². The molecular weight excluding hydrogens is 540 g/mol. The summed E-state index contributed by atoms with van der Waals surface area (Å²) in [6.45, 7) is 10.9. The number of hydrogen-bond acceptors (Lipinski definition) is 5. The van der Waals surface area contributed by atoms with Gasteiger partial charge in [-0.1, -0.05) is 50.3 Å². The SMILES string of the molecule is CCC(CC)(CC(=O)Nc1cccc(/C=C/c2cccc(COCCCCc3ccc(OC(C)(C)C)cc3)n2)c1)C(=O)O. The molecule has 2 N–H and O–H groups in total. The molecule has 1 aromatic heterocycles. The Balaban J connectivity index is 1.44. The number of carbonyl (C=O) groups is 2. The highest BCUT2D eigenvalue weighted by molar-refractivity contribution is 5.94. The van der Waals surface area contributed by atoms with Crippen molar-refractivity contribution in [2.75, 3.05) is 11.9 Å². The van der Waals surface area contributed by atoms with Gasteiger partial charge in [-0.15, -0.1) is 0 Å². The zero-order valence-corrected chi connectivity index (χ0v) is 26.2. The van der Waals surface area contributed by atoms with Crippen LogP contribution in [0.15, 0.2) is 66.7 Å². The smallest absolute Gasteiger partial charge is 0.310 e. The van der Waals surface area contributed by atoms with E-state index in [2.05, 4.69) is 22.4 Å². The molecule has 230 valence electrons. The molecule has 3 aromatic rings. The summed E-state index contributed by atoms with van der Waals surface area (Å²) in [4.78, 5) is 29.1. The van der Waals surface area contributed by atoms with Gasteiger partial charge in [0.05, 0.1) is 23.4 Å². The van der Waals surface area contributed by atoms with Crippen LogP contribution >= 0.6 is 0 Å². The van der Waals surface area contributed by atoms with Gasteiger partial charge in [0.1, 0.15) is 11.4 Å². The number of carboxylic acid groups (broad SMARTS) is 1. The number of aryl methyl sites for hydroxylation is 1. The van der Waals surface area contributed by atoms with Crippen molar-refractivity contribution in [1.29, 1.82) is 0 Å². The monoisotopic (exact) mass is 586 g/mol. The number of pyridine rings is 1. The predicted molar refractivity (Wildman–Crippen MR) is 173 cm³/mol. The number of unbranched alkanes of at least 4 members (excludes halogenated alkanes) is 1. The van der Waals surface area contributed by atoms with Crippen molar-refractivity contribution in [1.82, 2.24) is 4.98 Å². The molecule has 0 saturated carbocycles. The summed E-state index contributed by atoms with van der Waals surface area (Å²) in [5.41, 5.74) is 3.26. The Kier molecular flexibility index (Phi) is 12.5. The van der Waals surface area contributed by atoms with Crippen molar-refractivity contribution in [3.8, 4) is 5.75 Å². The normalized spacial score (nSPS) is 11.9. The van der Waals surface area contributed by atoms with Gasteiger partial charge >= 0.3 is 5.97 Å². The summed E-state index contributed by atoms with van der Waals surface area (Å²) in [5.74, 6) is -0.345. The molecule has 0 aliphatic heterocycles. The molecule has 0 spiro atoms. The summed E-state index contributed by atoms with van der Waals surface area (Å²) in [6, 6.07) is 21.6. The number of carbonyl (C=O) groups excluding carboxylic acids is 1. The van der Waals surface area contributed by atoms with E-state index < -0.39 is 11.4 Å². The van der Waals surface area contributed by atoms with Crippen LogP contribution in [0.1, 0.15) is 89.2 Å². The van der Waals surface area contributed by atoms with Crippen LogP contribution in [-0.2, 0) is 27.4 Å². The molecule has 0 radical (unpaired) electrons. The summed E-state index contributed by atoms with van der Waals surface area (Å²) >= 11 is 0. The van der Waals surface area contributed by atoms with E-state index in [9.17, 15) is 14.7 Å². The molecule has 0 atom stereocenters. The molecule has 2 aromatic carbocycles. The molecule has 0 fully saturated rings. The minimum absolute atomic E-state index is 0.0599. The molecule has 1 heterocycles. The molecule has 0 unspecified atom stereocenters. The second-order valence-corrected chi connectivity index (χ2v) is 11.9. The molecule has 1 amide bonds. The highest BCUT2D eigenvalue weighted by Crippen LogP contribution is 2.31. The van der Waals surface area contributed by atoms with Crippen LogP contribution < -0.4 is 10.1 Å². The summed E-state index contributed by atoms with van der Waals surface area (Å²) in [7, 11) is 0. The summed E-state index contributed by atoms with van der Waals surface area (Å²) < 4.78 is 11.8. The molecular formula is C36H46N2O5. The number of amides is 1. The van der Waals surface area contributed by atoms with Crippen LogP contribution in [0.3, 0.4) is 0 Å². The van der Waals surface area contributed by atoms with Gasteiger partial charge < -0.3 is 19.9 Å². The molecule has 0 aliphatic rings. The lowest BCUT2D eigenvalue weighted by atomic mass is 9.79. The maximum atomic E-state index is 12.6. The molecule has 0 bridgehead atoms. The minimum atomic E-state index is -1.04. The lowest BCUT2D eigenvalue weighted by Crippen LogP contribution is -2.34. The molecule has 43 heavy (non-hydrogen) atoms. The maximum absolute atomic E-state index is 12.6. The highest BCUT2D eigenvalue weighted by Gasteiger charge is 2.37. The average molecular weight is 587 g/mol. The largest absolute Gasteiger partial charge is 0.488 e. The van der Waals surface area contributed by atoms with Gasteiger partial charge in [-0.2, -0.15) is 0 Å². The predicted octanol–water partition coefficient (Wildman–Crippen LogP) is 8.19. The van der Waals surface area contributed by atoms with Crippen LogP contribution in [0.5, 0.6) is 5.75 Å². The van der Waals surface area contributed by atoms with Gasteiger partial charge in [-0.25, -0.2) is 0 Å². The van der Waals surface area contributed by atoms with E-state index in [4.69, 9.17) is 9.47 Å². The zero-order chi connectivity index (χ0) is 31.3. The molecule has 0 saturated heterocycles. The summed E-state index contributed by atoms with van der Waals surface area (Å²) in [5, 5.41) is 12.5. The van der Waals surface area contributed by atoms with Gasteiger partial charge in [0.15, 0.2) is 0 Å². The molecule has 7 heteroatoms. The van der Waals surface area contributed by atoms with Crippen molar-refractivity contribution >= 4 is 29.7 Å². The number of nitrogens with zero attached hydrogens (tertiary/aromatic N) is 1. The first-order valence-electron chi connectivity index (χ1n) is 15.1. The quantitative estimate of drug-likeness (QED) is 0.164. The van der Waals surface area contributed by atoms with E-state index in [0.29, 0.717) is 31.7 Å². The van der Waals surface area contributed by atoms with Crippen molar-refractivity contribution < 1.29 is 24.2 Å². The standard InChI is InChI=1S/C36H46N2O5/c1-6-36(7-2,34(40)41)25-33(39)38-30-15-10-13-28(24-30)17-20-29-14-11-16-31(37-29)26-42-23-9-8-12-27-18-21-32(22-19-27)43-35(3,4)5/h10-11,13-22,24H,6-9,12,23,25-26H2,1-5H3,(H,38,39)(H,40,41)/b20-17+. The van der Waals surface area contributed by atoms with E-state index in [1.165, 1.54) is 5.56 Å². The maximum Gasteiger partial charge on any atom is 0.310 e. The number of aliphatic carboxylic acids is 1. The fraction of sp³-hybridized carbons (Fsp3) is 0.417. The van der Waals surface area contributed by atoms with Crippen LogP contribution in [0.2, 0.25) is 0 Å². The number of anilines is 1. The van der Waals surface area contributed by atoms with Crippen molar-refractivity contribution in [3.63, 3.8) is 0 Å². The van der Waals surface area contributed by atoms with Crippen LogP contribution in [0.4, 0.5) is 5.69 Å². The van der Waals surface area contributed by atoms with Crippen LogP contribution in [-0.4, -0.2) is 34.2 Å². The van der Waals surface area contributed by atoms with E-state index in [1.54, 1.807) is 19.9 Å². The topological polar surface area (TPSA) is 97.8 Å². The number of benzene rings is 2. The number of carboxylic acids is 1. The Morgan fingerprint density at radius 1 is 0.930 bits per heavy atom. The lowest BCUT2D eigenvalue weighted by molar-refractivity contribution is -0.151. The van der Waals surface area contributed by atoms with E-state index >= 15 is 0 Å². The van der Waals surface area contributed by atoms with Gasteiger partial charge in [-0.3, -0.25) is 14.6 Å². The first kappa shape index (κ1) is 33.5. The Bertz CT molecular complexity index is 1350. The third kappa shape index (κ3) is 11.3.